The van der Waals surface area contributed by atoms with Crippen LogP contribution in [0.1, 0.15) is 63.4 Å². The van der Waals surface area contributed by atoms with Gasteiger partial charge in [0.05, 0.1) is 0 Å². The van der Waals surface area contributed by atoms with Crippen LogP contribution >= 0.6 is 0 Å². The zero-order valence-electron chi connectivity index (χ0n) is 18.2. The molecule has 3 N–H and O–H groups in total. The third-order valence-corrected chi connectivity index (χ3v) is 6.25. The van der Waals surface area contributed by atoms with Crippen LogP contribution in [-0.2, 0) is 11.3 Å². The second kappa shape index (κ2) is 12.6. The number of hydrogen-bond donors (Lipinski definition) is 3. The fourth-order valence-corrected chi connectivity index (χ4v) is 4.58. The first-order valence-electron chi connectivity index (χ1n) is 11.8. The van der Waals surface area contributed by atoms with Crippen LogP contribution in [0, 0.1) is 5.92 Å². The summed E-state index contributed by atoms with van der Waals surface area (Å²) in [5, 5.41) is 9.02. The van der Waals surface area contributed by atoms with Gasteiger partial charge in [-0.15, -0.1) is 0 Å². The standard InChI is InChI=1S/C24H38N4O2/c29-23(14-7-15-25-24(30)27-22-12-5-2-6-13-22)26-17-21-11-8-16-28(19-21)18-20-9-3-1-4-10-20/h1,3-4,9-10,21-22H,2,5-8,11-19H2,(H,26,29)(H2,25,27,30)/t21-/m1/s1. The van der Waals surface area contributed by atoms with E-state index < -0.39 is 0 Å². The first-order chi connectivity index (χ1) is 14.7. The minimum absolute atomic E-state index is 0.0877. The van der Waals surface area contributed by atoms with E-state index in [9.17, 15) is 9.59 Å². The molecule has 1 saturated carbocycles. The van der Waals surface area contributed by atoms with Crippen LogP contribution in [-0.4, -0.2) is 49.1 Å². The topological polar surface area (TPSA) is 73.5 Å². The number of urea groups is 1. The molecule has 1 aliphatic heterocycles. The number of rotatable bonds is 9. The number of likely N-dealkylation sites (tertiary alicyclic amines) is 1. The van der Waals surface area contributed by atoms with Gasteiger partial charge in [0.2, 0.25) is 5.91 Å². The molecule has 0 unspecified atom stereocenters. The smallest absolute Gasteiger partial charge is 0.315 e. The largest absolute Gasteiger partial charge is 0.356 e. The highest BCUT2D eigenvalue weighted by atomic mass is 16.2. The Morgan fingerprint density at radius 3 is 2.57 bits per heavy atom. The fraction of sp³-hybridized carbons (Fsp3) is 0.667. The Balaban J connectivity index is 1.24. The van der Waals surface area contributed by atoms with E-state index in [1.54, 1.807) is 0 Å². The van der Waals surface area contributed by atoms with Crippen molar-refractivity contribution in [3.05, 3.63) is 35.9 Å². The molecule has 30 heavy (non-hydrogen) atoms. The molecule has 1 atom stereocenters. The van der Waals surface area contributed by atoms with Gasteiger partial charge in [0.15, 0.2) is 0 Å². The van der Waals surface area contributed by atoms with Gasteiger partial charge in [-0.25, -0.2) is 4.79 Å². The van der Waals surface area contributed by atoms with E-state index in [-0.39, 0.29) is 11.9 Å². The number of benzene rings is 1. The summed E-state index contributed by atoms with van der Waals surface area (Å²) >= 11 is 0. The van der Waals surface area contributed by atoms with Crippen molar-refractivity contribution in [2.45, 2.75) is 70.4 Å². The summed E-state index contributed by atoms with van der Waals surface area (Å²) in [6.45, 7) is 4.45. The van der Waals surface area contributed by atoms with Crippen LogP contribution < -0.4 is 16.0 Å². The van der Waals surface area contributed by atoms with E-state index in [1.165, 1.54) is 37.7 Å². The summed E-state index contributed by atoms with van der Waals surface area (Å²) in [6.07, 6.45) is 9.35. The molecular weight excluding hydrogens is 376 g/mol. The Kier molecular flexibility index (Phi) is 9.48. The Hall–Kier alpha value is -2.08. The Labute approximate surface area is 181 Å². The van der Waals surface area contributed by atoms with Crippen molar-refractivity contribution in [3.8, 4) is 0 Å². The quantitative estimate of drug-likeness (QED) is 0.542. The molecule has 1 aromatic carbocycles. The number of nitrogens with zero attached hydrogens (tertiary/aromatic N) is 1. The molecule has 1 saturated heterocycles. The van der Waals surface area contributed by atoms with Gasteiger partial charge in [0.1, 0.15) is 0 Å². The lowest BCUT2D eigenvalue weighted by Crippen LogP contribution is -2.43. The number of carbonyl (C=O) groups excluding carboxylic acids is 2. The predicted molar refractivity (Wildman–Crippen MR) is 120 cm³/mol. The molecule has 0 aromatic heterocycles. The van der Waals surface area contributed by atoms with Gasteiger partial charge in [-0.1, -0.05) is 49.6 Å². The van der Waals surface area contributed by atoms with Crippen molar-refractivity contribution >= 4 is 11.9 Å². The molecule has 2 aliphatic rings. The van der Waals surface area contributed by atoms with E-state index in [1.807, 2.05) is 0 Å². The highest BCUT2D eigenvalue weighted by Crippen LogP contribution is 2.18. The zero-order chi connectivity index (χ0) is 21.0. The molecule has 0 radical (unpaired) electrons. The van der Waals surface area contributed by atoms with Crippen LogP contribution in [0.25, 0.3) is 0 Å². The summed E-state index contributed by atoms with van der Waals surface area (Å²) in [7, 11) is 0. The van der Waals surface area contributed by atoms with Crippen molar-refractivity contribution in [2.24, 2.45) is 5.92 Å². The number of hydrogen-bond acceptors (Lipinski definition) is 3. The molecule has 1 heterocycles. The number of carbonyl (C=O) groups is 2. The minimum atomic E-state index is -0.0944. The van der Waals surface area contributed by atoms with Gasteiger partial charge in [-0.05, 0) is 50.1 Å². The minimum Gasteiger partial charge on any atom is -0.356 e. The summed E-state index contributed by atoms with van der Waals surface area (Å²) in [5.74, 6) is 0.607. The molecular formula is C24H38N4O2. The maximum absolute atomic E-state index is 12.2. The van der Waals surface area contributed by atoms with Crippen molar-refractivity contribution in [1.82, 2.24) is 20.9 Å². The second-order valence-electron chi connectivity index (χ2n) is 8.87. The molecule has 0 spiro atoms. The van der Waals surface area contributed by atoms with E-state index in [0.29, 0.717) is 31.3 Å². The first kappa shape index (κ1) is 22.6. The molecule has 6 heteroatoms. The Bertz CT molecular complexity index is 646. The summed E-state index contributed by atoms with van der Waals surface area (Å²) in [6, 6.07) is 10.8. The van der Waals surface area contributed by atoms with Crippen molar-refractivity contribution in [2.75, 3.05) is 26.2 Å². The predicted octanol–water partition coefficient (Wildman–Crippen LogP) is 3.43. The maximum Gasteiger partial charge on any atom is 0.315 e. The molecule has 0 bridgehead atoms. The molecule has 2 fully saturated rings. The molecule has 3 amide bonds. The van der Waals surface area contributed by atoms with E-state index >= 15 is 0 Å². The van der Waals surface area contributed by atoms with Crippen LogP contribution in [0.2, 0.25) is 0 Å². The lowest BCUT2D eigenvalue weighted by atomic mass is 9.96. The van der Waals surface area contributed by atoms with E-state index in [0.717, 1.165) is 39.0 Å². The van der Waals surface area contributed by atoms with Crippen molar-refractivity contribution in [3.63, 3.8) is 0 Å². The second-order valence-corrected chi connectivity index (χ2v) is 8.87. The Morgan fingerprint density at radius 2 is 1.77 bits per heavy atom. The number of amides is 3. The summed E-state index contributed by atoms with van der Waals surface area (Å²) in [5.41, 5.74) is 1.35. The van der Waals surface area contributed by atoms with Crippen molar-refractivity contribution < 1.29 is 9.59 Å². The van der Waals surface area contributed by atoms with Gasteiger partial charge in [-0.3, -0.25) is 9.69 Å². The van der Waals surface area contributed by atoms with Gasteiger partial charge in [-0.2, -0.15) is 0 Å². The summed E-state index contributed by atoms with van der Waals surface area (Å²) in [4.78, 5) is 26.6. The zero-order valence-corrected chi connectivity index (χ0v) is 18.2. The maximum atomic E-state index is 12.2. The molecule has 3 rings (SSSR count). The average Bonchev–Trinajstić information content (AvgIpc) is 2.77. The highest BCUT2D eigenvalue weighted by Gasteiger charge is 2.20. The third-order valence-electron chi connectivity index (χ3n) is 6.25. The monoisotopic (exact) mass is 414 g/mol. The molecule has 166 valence electrons. The van der Waals surface area contributed by atoms with E-state index in [2.05, 4.69) is 51.2 Å². The van der Waals surface area contributed by atoms with Crippen molar-refractivity contribution in [1.29, 1.82) is 0 Å². The fourth-order valence-electron chi connectivity index (χ4n) is 4.58. The lowest BCUT2D eigenvalue weighted by Gasteiger charge is -2.32. The van der Waals surface area contributed by atoms with Crippen LogP contribution in [0.4, 0.5) is 4.79 Å². The van der Waals surface area contributed by atoms with Crippen LogP contribution in [0.3, 0.4) is 0 Å². The van der Waals surface area contributed by atoms with E-state index in [4.69, 9.17) is 0 Å². The normalized spacial score (nSPS) is 20.5. The first-order valence-corrected chi connectivity index (χ1v) is 11.8. The average molecular weight is 415 g/mol. The highest BCUT2D eigenvalue weighted by molar-refractivity contribution is 5.76. The van der Waals surface area contributed by atoms with Crippen LogP contribution in [0.15, 0.2) is 30.3 Å². The van der Waals surface area contributed by atoms with Gasteiger partial charge in [0.25, 0.3) is 0 Å². The van der Waals surface area contributed by atoms with Gasteiger partial charge < -0.3 is 16.0 Å². The summed E-state index contributed by atoms with van der Waals surface area (Å²) < 4.78 is 0. The lowest BCUT2D eigenvalue weighted by molar-refractivity contribution is -0.121. The molecule has 1 aromatic rings. The Morgan fingerprint density at radius 1 is 0.967 bits per heavy atom. The van der Waals surface area contributed by atoms with Gasteiger partial charge in [0, 0.05) is 38.6 Å². The molecule has 6 nitrogen and oxygen atoms in total. The SMILES string of the molecule is O=C(CCCNC(=O)NC1CCCCC1)NC[C@H]1CCCN(Cc2ccccc2)C1. The molecule has 1 aliphatic carbocycles. The third kappa shape index (κ3) is 8.34. The van der Waals surface area contributed by atoms with Crippen LogP contribution in [0.5, 0.6) is 0 Å². The van der Waals surface area contributed by atoms with Gasteiger partial charge >= 0.3 is 6.03 Å². The number of nitrogens with one attached hydrogen (secondary N) is 3. The number of piperidine rings is 1.